The van der Waals surface area contributed by atoms with Gasteiger partial charge < -0.3 is 24.5 Å². The fourth-order valence-corrected chi connectivity index (χ4v) is 9.38. The number of hydrogen-bond donors (Lipinski definition) is 3. The van der Waals surface area contributed by atoms with Crippen LogP contribution >= 0.6 is 0 Å². The third-order valence-electron chi connectivity index (χ3n) is 12.8. The first-order valence-electron chi connectivity index (χ1n) is 21.1. The van der Waals surface area contributed by atoms with Crippen molar-refractivity contribution in [2.75, 3.05) is 52.4 Å². The summed E-state index contributed by atoms with van der Waals surface area (Å²) in [6, 6.07) is 23.2. The lowest BCUT2D eigenvalue weighted by Gasteiger charge is -2.39. The van der Waals surface area contributed by atoms with E-state index in [-0.39, 0.29) is 42.2 Å². The van der Waals surface area contributed by atoms with Crippen LogP contribution < -0.4 is 10.1 Å². The van der Waals surface area contributed by atoms with Gasteiger partial charge in [-0.25, -0.2) is 4.98 Å². The van der Waals surface area contributed by atoms with Crippen molar-refractivity contribution in [3.05, 3.63) is 108 Å². The van der Waals surface area contributed by atoms with Gasteiger partial charge in [0.05, 0.1) is 11.1 Å². The van der Waals surface area contributed by atoms with E-state index in [2.05, 4.69) is 79.7 Å². The van der Waals surface area contributed by atoms with E-state index in [4.69, 9.17) is 9.72 Å². The van der Waals surface area contributed by atoms with Crippen LogP contribution in [0.4, 0.5) is 0 Å². The smallest absolute Gasteiger partial charge is 0.266 e. The molecule has 10 rings (SSSR count). The summed E-state index contributed by atoms with van der Waals surface area (Å²) in [5.41, 5.74) is 7.99. The number of piperidine rings is 2. The highest BCUT2D eigenvalue weighted by molar-refractivity contribution is 6.24. The molecular formula is C47H46N8O6. The highest BCUT2D eigenvalue weighted by Crippen LogP contribution is 2.35. The number of hydrogen-bond acceptors (Lipinski definition) is 9. The largest absolute Gasteiger partial charge is 0.483 e. The SMILES string of the molecule is O=C1CCC(N2C(=O)c3cccc(OCC(=O)N4CCC(CN5CCN(Cc6ccc(-c7cnc8[nH]cc(-c9ccc%10[nH]ccc%10c9)c8c7)cc6)CC5)CC4)c3C2=O)C(=O)N1. The number of aromatic amines is 2. The predicted octanol–water partition coefficient (Wildman–Crippen LogP) is 5.21. The lowest BCUT2D eigenvalue weighted by molar-refractivity contribution is -0.136. The van der Waals surface area contributed by atoms with E-state index < -0.39 is 29.7 Å². The van der Waals surface area contributed by atoms with Crippen LogP contribution in [0, 0.1) is 5.92 Å². The first-order valence-corrected chi connectivity index (χ1v) is 21.1. The Morgan fingerprint density at radius 2 is 1.56 bits per heavy atom. The number of nitrogens with one attached hydrogen (secondary N) is 3. The van der Waals surface area contributed by atoms with Crippen molar-refractivity contribution in [3.63, 3.8) is 0 Å². The number of piperazine rings is 1. The van der Waals surface area contributed by atoms with Crippen LogP contribution in [-0.2, 0) is 20.9 Å². The maximum atomic E-state index is 13.4. The molecule has 0 spiro atoms. The quantitative estimate of drug-likeness (QED) is 0.158. The normalized spacial score (nSPS) is 19.2. The minimum absolute atomic E-state index is 0.0357. The Morgan fingerprint density at radius 3 is 2.36 bits per heavy atom. The van der Waals surface area contributed by atoms with Crippen molar-refractivity contribution in [3.8, 4) is 28.0 Å². The monoisotopic (exact) mass is 818 g/mol. The number of likely N-dealkylation sites (tertiary alicyclic amines) is 1. The molecule has 0 saturated carbocycles. The van der Waals surface area contributed by atoms with E-state index in [9.17, 15) is 24.0 Å². The van der Waals surface area contributed by atoms with E-state index in [1.165, 1.54) is 17.0 Å². The molecule has 6 aromatic rings. The van der Waals surface area contributed by atoms with Gasteiger partial charge in [-0.2, -0.15) is 0 Å². The molecule has 4 aliphatic rings. The van der Waals surface area contributed by atoms with Gasteiger partial charge in [-0.15, -0.1) is 0 Å². The summed E-state index contributed by atoms with van der Waals surface area (Å²) < 4.78 is 5.86. The summed E-state index contributed by atoms with van der Waals surface area (Å²) in [6.45, 7) is 6.96. The molecule has 5 amide bonds. The molecular weight excluding hydrogens is 773 g/mol. The van der Waals surface area contributed by atoms with E-state index in [1.807, 2.05) is 23.5 Å². The Labute approximate surface area is 351 Å². The highest BCUT2D eigenvalue weighted by atomic mass is 16.5. The van der Waals surface area contributed by atoms with Crippen LogP contribution in [-0.4, -0.2) is 123 Å². The van der Waals surface area contributed by atoms with Gasteiger partial charge in [-0.1, -0.05) is 36.4 Å². The molecule has 61 heavy (non-hydrogen) atoms. The molecule has 4 aliphatic heterocycles. The number of carbonyl (C=O) groups is 5. The molecule has 0 aliphatic carbocycles. The molecule has 3 aromatic heterocycles. The highest BCUT2D eigenvalue weighted by Gasteiger charge is 2.46. The number of amides is 5. The molecule has 3 N–H and O–H groups in total. The summed E-state index contributed by atoms with van der Waals surface area (Å²) in [4.78, 5) is 83.0. The van der Waals surface area contributed by atoms with E-state index >= 15 is 0 Å². The minimum Gasteiger partial charge on any atom is -0.483 e. The average Bonchev–Trinajstić information content (AvgIpc) is 4.00. The van der Waals surface area contributed by atoms with Gasteiger partial charge in [0, 0.05) is 99.4 Å². The number of imide groups is 2. The van der Waals surface area contributed by atoms with Crippen LogP contribution in [0.25, 0.3) is 44.2 Å². The Bertz CT molecular complexity index is 2690. The molecule has 3 saturated heterocycles. The fraction of sp³-hybridized carbons (Fsp3) is 0.319. The molecule has 7 heterocycles. The van der Waals surface area contributed by atoms with Gasteiger partial charge in [-0.05, 0) is 83.7 Å². The van der Waals surface area contributed by atoms with Gasteiger partial charge >= 0.3 is 0 Å². The second-order valence-electron chi connectivity index (χ2n) is 16.6. The number of fused-ring (bicyclic) bond motifs is 3. The van der Waals surface area contributed by atoms with E-state index in [1.54, 1.807) is 12.1 Å². The molecule has 14 heteroatoms. The topological polar surface area (TPSA) is 164 Å². The number of aromatic nitrogens is 3. The van der Waals surface area contributed by atoms with E-state index in [0.29, 0.717) is 19.0 Å². The van der Waals surface area contributed by atoms with Gasteiger partial charge in [0.15, 0.2) is 6.61 Å². The minimum atomic E-state index is -1.07. The third-order valence-corrected chi connectivity index (χ3v) is 12.8. The van der Waals surface area contributed by atoms with Gasteiger partial charge in [0.25, 0.3) is 17.7 Å². The Kier molecular flexibility index (Phi) is 10.2. The zero-order valence-electron chi connectivity index (χ0n) is 33.7. The van der Waals surface area contributed by atoms with Gasteiger partial charge in [0.1, 0.15) is 17.4 Å². The first kappa shape index (κ1) is 38.6. The molecule has 1 unspecified atom stereocenters. The van der Waals surface area contributed by atoms with Crippen molar-refractivity contribution in [2.45, 2.75) is 38.3 Å². The second kappa shape index (κ2) is 16.1. The molecule has 3 fully saturated rings. The van der Waals surface area contributed by atoms with Crippen LogP contribution in [0.5, 0.6) is 5.75 Å². The summed E-state index contributed by atoms with van der Waals surface area (Å²) in [5, 5.41) is 4.49. The van der Waals surface area contributed by atoms with Crippen LogP contribution in [0.1, 0.15) is 52.0 Å². The summed E-state index contributed by atoms with van der Waals surface area (Å²) in [5.74, 6) is -1.93. The standard InChI is InChI=1S/C47H46N8O6/c56-41-11-10-39(45(58)51-41)55-46(59)35-2-1-3-40(43(35)47(55)60)61-28-42(57)54-16-13-30(14-17-54)27-53-20-18-52(19-21-53)26-29-4-6-31(7-5-29)34-23-36-37(25-50-44(36)49-24-34)32-8-9-38-33(22-32)12-15-48-38/h1-9,12,15,22-25,30,39,48H,10-11,13-14,16-21,26-28H2,(H,49,50)(H,51,56,58). The van der Waals surface area contributed by atoms with Crippen LogP contribution in [0.2, 0.25) is 0 Å². The lowest BCUT2D eigenvalue weighted by Crippen LogP contribution is -2.54. The first-order chi connectivity index (χ1) is 29.8. The number of H-pyrrole nitrogens is 2. The zero-order chi connectivity index (χ0) is 41.6. The average molecular weight is 819 g/mol. The number of benzene rings is 3. The molecule has 3 aromatic carbocycles. The summed E-state index contributed by atoms with van der Waals surface area (Å²) >= 11 is 0. The van der Waals surface area contributed by atoms with E-state index in [0.717, 1.165) is 95.8 Å². The molecule has 0 bridgehead atoms. The predicted molar refractivity (Wildman–Crippen MR) is 228 cm³/mol. The van der Waals surface area contributed by atoms with Crippen molar-refractivity contribution in [1.29, 1.82) is 0 Å². The Hall–Kier alpha value is -6.64. The lowest BCUT2D eigenvalue weighted by atomic mass is 9.96. The maximum absolute atomic E-state index is 13.4. The number of rotatable bonds is 10. The zero-order valence-corrected chi connectivity index (χ0v) is 33.7. The summed E-state index contributed by atoms with van der Waals surface area (Å²) in [7, 11) is 0. The summed E-state index contributed by atoms with van der Waals surface area (Å²) in [6.07, 6.45) is 7.86. The molecule has 310 valence electrons. The fourth-order valence-electron chi connectivity index (χ4n) is 9.38. The third kappa shape index (κ3) is 7.57. The molecule has 14 nitrogen and oxygen atoms in total. The van der Waals surface area contributed by atoms with Gasteiger partial charge in [0.2, 0.25) is 11.8 Å². The van der Waals surface area contributed by atoms with Crippen molar-refractivity contribution in [2.24, 2.45) is 5.92 Å². The van der Waals surface area contributed by atoms with Crippen molar-refractivity contribution in [1.82, 2.24) is 39.9 Å². The van der Waals surface area contributed by atoms with Crippen molar-refractivity contribution >= 4 is 51.5 Å². The second-order valence-corrected chi connectivity index (χ2v) is 16.6. The van der Waals surface area contributed by atoms with Crippen LogP contribution in [0.15, 0.2) is 91.4 Å². The van der Waals surface area contributed by atoms with Crippen molar-refractivity contribution < 1.29 is 28.7 Å². The molecule has 1 atom stereocenters. The maximum Gasteiger partial charge on any atom is 0.266 e. The number of nitrogens with zero attached hydrogens (tertiary/aromatic N) is 5. The van der Waals surface area contributed by atoms with Gasteiger partial charge in [-0.3, -0.25) is 39.1 Å². The number of pyridine rings is 1. The van der Waals surface area contributed by atoms with Crippen LogP contribution in [0.3, 0.4) is 0 Å². The Morgan fingerprint density at radius 1 is 0.770 bits per heavy atom. The number of carbonyl (C=O) groups excluding carboxylic acids is 5. The number of ether oxygens (including phenoxy) is 1. The molecule has 0 radical (unpaired) electrons. The Balaban J connectivity index is 0.675.